The number of rotatable bonds is 8. The first-order valence-corrected chi connectivity index (χ1v) is 13.3. The Bertz CT molecular complexity index is 1610. The van der Waals surface area contributed by atoms with Crippen LogP contribution in [-0.2, 0) is 30.6 Å². The van der Waals surface area contributed by atoms with Gasteiger partial charge in [-0.15, -0.1) is 0 Å². The van der Waals surface area contributed by atoms with Crippen LogP contribution in [0.15, 0.2) is 91.1 Å². The number of fused-ring (bicyclic) bond motifs is 1. The molecule has 0 fully saturated rings. The van der Waals surface area contributed by atoms with Crippen molar-refractivity contribution in [3.8, 4) is 0 Å². The molecule has 1 aromatic heterocycles. The van der Waals surface area contributed by atoms with E-state index < -0.39 is 46.9 Å². The lowest BCUT2D eigenvalue weighted by Crippen LogP contribution is -2.38. The molecule has 1 atom stereocenters. The van der Waals surface area contributed by atoms with Crippen LogP contribution in [0.25, 0.3) is 10.9 Å². The van der Waals surface area contributed by atoms with Gasteiger partial charge in [-0.1, -0.05) is 42.5 Å². The number of hydrogen-bond acceptors (Lipinski definition) is 2. The maximum absolute atomic E-state index is 13.5. The highest BCUT2D eigenvalue weighted by molar-refractivity contribution is 6.01. The second-order valence-electron chi connectivity index (χ2n) is 10.0. The summed E-state index contributed by atoms with van der Waals surface area (Å²) in [6.45, 7) is 2.12. The number of amides is 2. The third-order valence-corrected chi connectivity index (χ3v) is 7.17. The summed E-state index contributed by atoms with van der Waals surface area (Å²) >= 11 is 0. The number of hydrogen-bond donors (Lipinski definition) is 0. The van der Waals surface area contributed by atoms with Crippen molar-refractivity contribution < 1.29 is 35.9 Å². The predicted molar refractivity (Wildman–Crippen MR) is 153 cm³/mol. The highest BCUT2D eigenvalue weighted by atomic mass is 19.4. The minimum absolute atomic E-state index is 0.0220. The van der Waals surface area contributed by atoms with Gasteiger partial charge in [0.15, 0.2) is 0 Å². The van der Waals surface area contributed by atoms with Gasteiger partial charge in [0.25, 0.3) is 11.8 Å². The second-order valence-corrected chi connectivity index (χ2v) is 10.0. The molecule has 1 unspecified atom stereocenters. The Morgan fingerprint density at radius 1 is 0.884 bits per heavy atom. The van der Waals surface area contributed by atoms with E-state index in [1.54, 1.807) is 37.3 Å². The molecule has 0 bridgehead atoms. The summed E-state index contributed by atoms with van der Waals surface area (Å²) in [6.07, 6.45) is -5.53. The lowest BCUT2D eigenvalue weighted by molar-refractivity contribution is -0.143. The van der Waals surface area contributed by atoms with Gasteiger partial charge in [-0.05, 0) is 55.3 Å². The zero-order valence-corrected chi connectivity index (χ0v) is 23.6. The fourth-order valence-corrected chi connectivity index (χ4v) is 4.94. The predicted octanol–water partition coefficient (Wildman–Crippen LogP) is 7.51. The van der Waals surface area contributed by atoms with Gasteiger partial charge in [0, 0.05) is 55.1 Å². The molecule has 43 heavy (non-hydrogen) atoms. The van der Waals surface area contributed by atoms with Crippen molar-refractivity contribution in [1.82, 2.24) is 9.47 Å². The summed E-state index contributed by atoms with van der Waals surface area (Å²) in [7, 11) is 3.12. The highest BCUT2D eigenvalue weighted by Crippen LogP contribution is 2.37. The van der Waals surface area contributed by atoms with Crippen LogP contribution in [0.4, 0.5) is 32.0 Å². The quantitative estimate of drug-likeness (QED) is 0.155. The van der Waals surface area contributed by atoms with Crippen molar-refractivity contribution in [3.63, 3.8) is 0 Å². The molecule has 0 N–H and O–H groups in total. The molecule has 0 aliphatic rings. The molecule has 0 aliphatic carbocycles. The minimum Gasteiger partial charge on any atom is -0.350 e. The zero-order valence-electron chi connectivity index (χ0n) is 23.6. The summed E-state index contributed by atoms with van der Waals surface area (Å²) < 4.78 is 82.9. The molecule has 0 saturated heterocycles. The van der Waals surface area contributed by atoms with Crippen LogP contribution in [0.1, 0.15) is 34.0 Å². The maximum Gasteiger partial charge on any atom is 0.416 e. The molecular formula is C32H29F6N3O2. The third-order valence-electron chi connectivity index (χ3n) is 7.17. The van der Waals surface area contributed by atoms with Crippen molar-refractivity contribution >= 4 is 28.4 Å². The van der Waals surface area contributed by atoms with E-state index in [2.05, 4.69) is 0 Å². The van der Waals surface area contributed by atoms with Crippen LogP contribution < -0.4 is 4.90 Å². The lowest BCUT2D eigenvalue weighted by Gasteiger charge is -2.27. The monoisotopic (exact) mass is 601 g/mol. The molecule has 0 aliphatic heterocycles. The standard InChI is InChI=1S/C32H29F6N3O2/c1-4-41(25-10-6-5-7-11-25)29(42)15-14-26(18-22-20-39(2)28-13-9-8-12-27(22)28)40(3)30(43)21-16-23(31(33,34)35)19-24(17-21)32(36,37)38/h5-17,19-20,26H,4,18H2,1-3H3. The number of aryl methyl sites for hydroxylation is 1. The SMILES string of the molecule is CCN(C(=O)C=CC(Cc1cn(C)c2ccccc12)N(C)C(=O)c1cc(C(F)(F)F)cc(C(F)(F)F)c1)c1ccccc1. The molecular weight excluding hydrogens is 572 g/mol. The molecule has 1 heterocycles. The first-order chi connectivity index (χ1) is 20.2. The number of para-hydroxylation sites is 2. The first-order valence-electron chi connectivity index (χ1n) is 13.3. The average molecular weight is 602 g/mol. The van der Waals surface area contributed by atoms with Crippen LogP contribution in [-0.4, -0.2) is 40.9 Å². The second kappa shape index (κ2) is 12.4. The van der Waals surface area contributed by atoms with E-state index >= 15 is 0 Å². The third kappa shape index (κ3) is 7.10. The molecule has 0 radical (unpaired) electrons. The van der Waals surface area contributed by atoms with E-state index in [1.807, 2.05) is 42.1 Å². The summed E-state index contributed by atoms with van der Waals surface area (Å²) in [4.78, 5) is 29.3. The van der Waals surface area contributed by atoms with E-state index in [4.69, 9.17) is 0 Å². The molecule has 0 spiro atoms. The Morgan fingerprint density at radius 3 is 2.05 bits per heavy atom. The van der Waals surface area contributed by atoms with Crippen LogP contribution in [0.3, 0.4) is 0 Å². The largest absolute Gasteiger partial charge is 0.416 e. The number of benzene rings is 3. The summed E-state index contributed by atoms with van der Waals surface area (Å²) in [6, 6.07) is 16.2. The topological polar surface area (TPSA) is 45.6 Å². The smallest absolute Gasteiger partial charge is 0.350 e. The van der Waals surface area contributed by atoms with E-state index in [9.17, 15) is 35.9 Å². The van der Waals surface area contributed by atoms with Crippen LogP contribution in [0.5, 0.6) is 0 Å². The molecule has 11 heteroatoms. The van der Waals surface area contributed by atoms with Gasteiger partial charge < -0.3 is 14.4 Å². The van der Waals surface area contributed by atoms with E-state index in [1.165, 1.54) is 24.1 Å². The average Bonchev–Trinajstić information content (AvgIpc) is 3.29. The molecule has 2 amide bonds. The fourth-order valence-electron chi connectivity index (χ4n) is 4.94. The van der Waals surface area contributed by atoms with Crippen LogP contribution >= 0.6 is 0 Å². The van der Waals surface area contributed by atoms with Crippen molar-refractivity contribution in [2.24, 2.45) is 7.05 Å². The number of carbonyl (C=O) groups is 2. The number of carbonyl (C=O) groups excluding carboxylic acids is 2. The molecule has 4 rings (SSSR count). The summed E-state index contributed by atoms with van der Waals surface area (Å²) in [5.74, 6) is -1.47. The van der Waals surface area contributed by atoms with E-state index in [0.717, 1.165) is 21.4 Å². The Balaban J connectivity index is 1.74. The van der Waals surface area contributed by atoms with Gasteiger partial charge in [-0.25, -0.2) is 0 Å². The Hall–Kier alpha value is -4.54. The fraction of sp³-hybridized carbons (Fsp3) is 0.250. The Morgan fingerprint density at radius 2 is 1.47 bits per heavy atom. The first kappa shape index (κ1) is 31.4. The number of alkyl halides is 6. The summed E-state index contributed by atoms with van der Waals surface area (Å²) in [5.41, 5.74) is -1.65. The maximum atomic E-state index is 13.5. The van der Waals surface area contributed by atoms with Gasteiger partial charge in [0.2, 0.25) is 0 Å². The lowest BCUT2D eigenvalue weighted by atomic mass is 10.0. The molecule has 226 valence electrons. The zero-order chi connectivity index (χ0) is 31.5. The van der Waals surface area contributed by atoms with Gasteiger partial charge >= 0.3 is 12.4 Å². The van der Waals surface area contributed by atoms with Crippen LogP contribution in [0.2, 0.25) is 0 Å². The van der Waals surface area contributed by atoms with E-state index in [-0.39, 0.29) is 12.5 Å². The van der Waals surface area contributed by atoms with Crippen molar-refractivity contribution in [2.45, 2.75) is 31.7 Å². The molecule has 4 aromatic rings. The number of halogens is 6. The highest BCUT2D eigenvalue weighted by Gasteiger charge is 2.38. The van der Waals surface area contributed by atoms with Crippen molar-refractivity contribution in [1.29, 1.82) is 0 Å². The number of nitrogens with zero attached hydrogens (tertiary/aromatic N) is 3. The van der Waals surface area contributed by atoms with Gasteiger partial charge in [0.1, 0.15) is 0 Å². The van der Waals surface area contributed by atoms with Crippen LogP contribution in [0, 0.1) is 0 Å². The Kier molecular flexibility index (Phi) is 9.03. The van der Waals surface area contributed by atoms with Crippen molar-refractivity contribution in [2.75, 3.05) is 18.5 Å². The van der Waals surface area contributed by atoms with Gasteiger partial charge in [-0.2, -0.15) is 26.3 Å². The van der Waals surface area contributed by atoms with Gasteiger partial charge in [-0.3, -0.25) is 9.59 Å². The molecule has 0 saturated carbocycles. The van der Waals surface area contributed by atoms with E-state index in [0.29, 0.717) is 24.4 Å². The number of anilines is 1. The molecule has 3 aromatic carbocycles. The minimum atomic E-state index is -5.11. The number of likely N-dealkylation sites (N-methyl/N-ethyl adjacent to an activating group) is 2. The normalized spacial score (nSPS) is 13.0. The molecule has 5 nitrogen and oxygen atoms in total. The summed E-state index contributed by atoms with van der Waals surface area (Å²) in [5, 5.41) is 0.855. The van der Waals surface area contributed by atoms with Crippen molar-refractivity contribution in [3.05, 3.63) is 113 Å². The van der Waals surface area contributed by atoms with Gasteiger partial charge in [0.05, 0.1) is 17.2 Å². The number of aromatic nitrogens is 1. The Labute approximate surface area is 244 Å².